The van der Waals surface area contributed by atoms with E-state index in [0.29, 0.717) is 31.1 Å². The molecule has 0 N–H and O–H groups in total. The number of benzene rings is 2. The Morgan fingerprint density at radius 2 is 1.94 bits per heavy atom. The summed E-state index contributed by atoms with van der Waals surface area (Å²) in [6, 6.07) is 14.0. The molecule has 0 spiro atoms. The summed E-state index contributed by atoms with van der Waals surface area (Å²) in [5.74, 6) is 1.07. The lowest BCUT2D eigenvalue weighted by Crippen LogP contribution is -2.30. The molecular formula is C23H27NO6S. The van der Waals surface area contributed by atoms with Gasteiger partial charge in [0.1, 0.15) is 0 Å². The standard InChI is InChI=1S/C23H27NO6S/c1-28-20-10-9-17(14-21(20)30-23-8-5-12-29-23)18-15-22(25)24(16-18)11-13-31(26,27)19-6-3-2-4-7-19/h2-4,6-7,9-10,14,18,23H,5,8,11-13,15-16H2,1H3/t18-,23?/m1/s1. The SMILES string of the molecule is COc1ccc([C@@H]2CC(=O)N(CCS(=O)(=O)c3ccccc3)C2)cc1OC1CCCO1. The van der Waals surface area contributed by atoms with Crippen molar-refractivity contribution >= 4 is 15.7 Å². The number of methoxy groups -OCH3 is 1. The second-order valence-electron chi connectivity index (χ2n) is 7.84. The molecule has 4 rings (SSSR count). The highest BCUT2D eigenvalue weighted by Crippen LogP contribution is 2.36. The summed E-state index contributed by atoms with van der Waals surface area (Å²) in [7, 11) is -1.84. The molecule has 0 aliphatic carbocycles. The molecule has 1 unspecified atom stereocenters. The van der Waals surface area contributed by atoms with Gasteiger partial charge in [0.2, 0.25) is 5.91 Å². The molecule has 2 saturated heterocycles. The van der Waals surface area contributed by atoms with Crippen molar-refractivity contribution in [2.75, 3.05) is 32.6 Å². The number of amides is 1. The number of rotatable bonds is 8. The van der Waals surface area contributed by atoms with Gasteiger partial charge in [-0.15, -0.1) is 0 Å². The fourth-order valence-electron chi connectivity index (χ4n) is 4.01. The molecular weight excluding hydrogens is 418 g/mol. The second kappa shape index (κ2) is 9.28. The van der Waals surface area contributed by atoms with E-state index in [1.807, 2.05) is 18.2 Å². The van der Waals surface area contributed by atoms with Crippen LogP contribution in [0.25, 0.3) is 0 Å². The van der Waals surface area contributed by atoms with Gasteiger partial charge in [0.15, 0.2) is 27.6 Å². The van der Waals surface area contributed by atoms with Crippen molar-refractivity contribution < 1.29 is 27.4 Å². The van der Waals surface area contributed by atoms with Gasteiger partial charge in [-0.05, 0) is 36.2 Å². The molecule has 2 aromatic carbocycles. The molecule has 2 fully saturated rings. The van der Waals surface area contributed by atoms with E-state index in [0.717, 1.165) is 18.4 Å². The first-order chi connectivity index (χ1) is 15.0. The maximum atomic E-state index is 12.6. The molecule has 0 saturated carbocycles. The van der Waals surface area contributed by atoms with Crippen molar-refractivity contribution in [1.29, 1.82) is 0 Å². The number of nitrogens with zero attached hydrogens (tertiary/aromatic N) is 1. The molecule has 1 amide bonds. The van der Waals surface area contributed by atoms with Gasteiger partial charge < -0.3 is 19.1 Å². The van der Waals surface area contributed by atoms with Crippen LogP contribution >= 0.6 is 0 Å². The van der Waals surface area contributed by atoms with Gasteiger partial charge in [-0.1, -0.05) is 24.3 Å². The molecule has 2 aliphatic heterocycles. The molecule has 7 nitrogen and oxygen atoms in total. The highest BCUT2D eigenvalue weighted by Gasteiger charge is 2.32. The van der Waals surface area contributed by atoms with Crippen LogP contribution in [0.15, 0.2) is 53.4 Å². The number of hydrogen-bond donors (Lipinski definition) is 0. The van der Waals surface area contributed by atoms with Crippen molar-refractivity contribution in [1.82, 2.24) is 4.90 Å². The van der Waals surface area contributed by atoms with E-state index in [4.69, 9.17) is 14.2 Å². The Balaban J connectivity index is 1.43. The summed E-state index contributed by atoms with van der Waals surface area (Å²) >= 11 is 0. The summed E-state index contributed by atoms with van der Waals surface area (Å²) in [6.07, 6.45) is 1.86. The Bertz CT molecular complexity index is 1020. The fraction of sp³-hybridized carbons (Fsp3) is 0.435. The van der Waals surface area contributed by atoms with E-state index in [-0.39, 0.29) is 35.3 Å². The Morgan fingerprint density at radius 3 is 2.65 bits per heavy atom. The first kappa shape index (κ1) is 21.6. The van der Waals surface area contributed by atoms with E-state index in [1.54, 1.807) is 42.3 Å². The smallest absolute Gasteiger partial charge is 0.223 e. The zero-order valence-electron chi connectivity index (χ0n) is 17.5. The summed E-state index contributed by atoms with van der Waals surface area (Å²) in [5.41, 5.74) is 0.968. The maximum absolute atomic E-state index is 12.6. The minimum atomic E-state index is -3.43. The molecule has 166 valence electrons. The quantitative estimate of drug-likeness (QED) is 0.621. The van der Waals surface area contributed by atoms with Crippen molar-refractivity contribution in [2.24, 2.45) is 0 Å². The van der Waals surface area contributed by atoms with Gasteiger partial charge in [-0.2, -0.15) is 0 Å². The first-order valence-electron chi connectivity index (χ1n) is 10.5. The van der Waals surface area contributed by atoms with Crippen LogP contribution in [0.3, 0.4) is 0 Å². The average molecular weight is 446 g/mol. The fourth-order valence-corrected chi connectivity index (χ4v) is 5.28. The summed E-state index contributed by atoms with van der Waals surface area (Å²) < 4.78 is 42.0. The number of hydrogen-bond acceptors (Lipinski definition) is 6. The number of likely N-dealkylation sites (tertiary alicyclic amines) is 1. The number of carbonyl (C=O) groups excluding carboxylic acids is 1. The van der Waals surface area contributed by atoms with Gasteiger partial charge >= 0.3 is 0 Å². The third-order valence-electron chi connectivity index (χ3n) is 5.75. The lowest BCUT2D eigenvalue weighted by atomic mass is 9.98. The molecule has 2 atom stereocenters. The summed E-state index contributed by atoms with van der Waals surface area (Å²) in [6.45, 7) is 1.35. The predicted octanol–water partition coefficient (Wildman–Crippen LogP) is 3.00. The molecule has 0 radical (unpaired) electrons. The van der Waals surface area contributed by atoms with Gasteiger partial charge in [0, 0.05) is 31.8 Å². The van der Waals surface area contributed by atoms with Crippen LogP contribution in [0.2, 0.25) is 0 Å². The Labute approximate surface area is 182 Å². The van der Waals surface area contributed by atoms with Crippen LogP contribution in [0.4, 0.5) is 0 Å². The van der Waals surface area contributed by atoms with E-state index < -0.39 is 9.84 Å². The van der Waals surface area contributed by atoms with Crippen LogP contribution in [0, 0.1) is 0 Å². The largest absolute Gasteiger partial charge is 0.493 e. The number of sulfone groups is 1. The third kappa shape index (κ3) is 5.02. The summed E-state index contributed by atoms with van der Waals surface area (Å²) in [4.78, 5) is 14.5. The van der Waals surface area contributed by atoms with Crippen molar-refractivity contribution in [3.05, 3.63) is 54.1 Å². The lowest BCUT2D eigenvalue weighted by molar-refractivity contribution is -0.127. The van der Waals surface area contributed by atoms with Gasteiger partial charge in [0.05, 0.1) is 24.4 Å². The minimum absolute atomic E-state index is 0.0234. The van der Waals surface area contributed by atoms with E-state index in [1.165, 1.54) is 0 Å². The van der Waals surface area contributed by atoms with Crippen LogP contribution in [0.1, 0.15) is 30.7 Å². The molecule has 0 bridgehead atoms. The Morgan fingerprint density at radius 1 is 1.13 bits per heavy atom. The van der Waals surface area contributed by atoms with Crippen LogP contribution in [-0.2, 0) is 19.4 Å². The van der Waals surface area contributed by atoms with E-state index in [2.05, 4.69) is 0 Å². The van der Waals surface area contributed by atoms with Crippen molar-refractivity contribution in [2.45, 2.75) is 36.4 Å². The Kier molecular flexibility index (Phi) is 6.48. The lowest BCUT2D eigenvalue weighted by Gasteiger charge is -2.19. The zero-order chi connectivity index (χ0) is 21.8. The Hall–Kier alpha value is -2.58. The second-order valence-corrected chi connectivity index (χ2v) is 9.95. The monoisotopic (exact) mass is 445 g/mol. The van der Waals surface area contributed by atoms with Crippen LogP contribution in [0.5, 0.6) is 11.5 Å². The highest BCUT2D eigenvalue weighted by molar-refractivity contribution is 7.91. The van der Waals surface area contributed by atoms with Crippen LogP contribution < -0.4 is 9.47 Å². The first-order valence-corrected chi connectivity index (χ1v) is 12.1. The molecule has 2 heterocycles. The predicted molar refractivity (Wildman–Crippen MR) is 115 cm³/mol. The molecule has 0 aromatic heterocycles. The highest BCUT2D eigenvalue weighted by atomic mass is 32.2. The van der Waals surface area contributed by atoms with Crippen molar-refractivity contribution in [3.63, 3.8) is 0 Å². The van der Waals surface area contributed by atoms with E-state index in [9.17, 15) is 13.2 Å². The van der Waals surface area contributed by atoms with Crippen LogP contribution in [-0.4, -0.2) is 58.1 Å². The van der Waals surface area contributed by atoms with Crippen molar-refractivity contribution in [3.8, 4) is 11.5 Å². The molecule has 31 heavy (non-hydrogen) atoms. The third-order valence-corrected chi connectivity index (χ3v) is 7.46. The number of carbonyl (C=O) groups is 1. The molecule has 8 heteroatoms. The van der Waals surface area contributed by atoms with Gasteiger partial charge in [-0.25, -0.2) is 8.42 Å². The minimum Gasteiger partial charge on any atom is -0.493 e. The summed E-state index contributed by atoms with van der Waals surface area (Å²) in [5, 5.41) is 0. The normalized spacial score (nSPS) is 21.5. The van der Waals surface area contributed by atoms with E-state index >= 15 is 0 Å². The average Bonchev–Trinajstić information content (AvgIpc) is 3.42. The maximum Gasteiger partial charge on any atom is 0.223 e. The van der Waals surface area contributed by atoms with Gasteiger partial charge in [0.25, 0.3) is 0 Å². The number of ether oxygens (including phenoxy) is 3. The van der Waals surface area contributed by atoms with Gasteiger partial charge in [-0.3, -0.25) is 4.79 Å². The molecule has 2 aliphatic rings. The topological polar surface area (TPSA) is 82.1 Å². The zero-order valence-corrected chi connectivity index (χ0v) is 18.3. The molecule has 2 aromatic rings.